The van der Waals surface area contributed by atoms with Gasteiger partial charge in [0.15, 0.2) is 0 Å². The molecule has 3 N–H and O–H groups in total. The molecular weight excluding hydrogens is 374 g/mol. The van der Waals surface area contributed by atoms with Crippen LogP contribution in [0.25, 0.3) is 0 Å². The predicted octanol–water partition coefficient (Wildman–Crippen LogP) is 1.94. The van der Waals surface area contributed by atoms with Crippen LogP contribution in [0.1, 0.15) is 24.0 Å². The van der Waals surface area contributed by atoms with Crippen LogP contribution >= 0.6 is 0 Å². The van der Waals surface area contributed by atoms with E-state index in [4.69, 9.17) is 5.73 Å². The highest BCUT2D eigenvalue weighted by atomic mass is 32.2. The molecule has 1 heterocycles. The largest absolute Gasteiger partial charge is 0.385 e. The molecule has 0 saturated heterocycles. The van der Waals surface area contributed by atoms with Crippen molar-refractivity contribution in [2.75, 3.05) is 19.3 Å². The first-order valence-electron chi connectivity index (χ1n) is 9.20. The van der Waals surface area contributed by atoms with E-state index in [0.717, 1.165) is 17.4 Å². The third kappa shape index (κ3) is 4.10. The molecule has 3 rings (SSSR count). The number of rotatable bonds is 8. The molecule has 1 aliphatic heterocycles. The lowest BCUT2D eigenvalue weighted by Crippen LogP contribution is -2.41. The van der Waals surface area contributed by atoms with E-state index in [0.29, 0.717) is 31.8 Å². The monoisotopic (exact) mass is 399 g/mol. The number of carbonyl (C=O) groups excluding carboxylic acids is 1. The normalized spacial score (nSPS) is 16.2. The number of hydrogen-bond donors (Lipinski definition) is 2. The fourth-order valence-corrected chi connectivity index (χ4v) is 4.07. The van der Waals surface area contributed by atoms with Gasteiger partial charge in [-0.1, -0.05) is 60.7 Å². The van der Waals surface area contributed by atoms with E-state index in [1.807, 2.05) is 66.7 Å². The minimum absolute atomic E-state index is 0.0847. The number of nitrogens with two attached hydrogens (primary N) is 1. The van der Waals surface area contributed by atoms with Crippen molar-refractivity contribution in [2.24, 2.45) is 5.73 Å². The van der Waals surface area contributed by atoms with Crippen LogP contribution in [0.5, 0.6) is 0 Å². The van der Waals surface area contributed by atoms with E-state index in [9.17, 15) is 13.2 Å². The number of hydrogen-bond acceptors (Lipinski definition) is 4. The molecule has 6 nitrogen and oxygen atoms in total. The van der Waals surface area contributed by atoms with Crippen molar-refractivity contribution in [3.05, 3.63) is 83.7 Å². The van der Waals surface area contributed by atoms with Crippen molar-refractivity contribution in [3.63, 3.8) is 0 Å². The SMILES string of the molecule is CS(=O)(=O)NCCCCN1C(=O)C(c2ccccc2)(c2ccccc2)C=C1N. The smallest absolute Gasteiger partial charge is 0.247 e. The Labute approximate surface area is 166 Å². The third-order valence-corrected chi connectivity index (χ3v) is 5.62. The Morgan fingerprint density at radius 1 is 0.964 bits per heavy atom. The van der Waals surface area contributed by atoms with Gasteiger partial charge < -0.3 is 5.73 Å². The van der Waals surface area contributed by atoms with Crippen LogP contribution in [0.15, 0.2) is 72.6 Å². The number of unbranched alkanes of at least 4 members (excludes halogenated alkanes) is 1. The van der Waals surface area contributed by atoms with Gasteiger partial charge in [-0.25, -0.2) is 13.1 Å². The molecule has 1 amide bonds. The first-order valence-corrected chi connectivity index (χ1v) is 11.1. The summed E-state index contributed by atoms with van der Waals surface area (Å²) in [5.74, 6) is 0.340. The maximum Gasteiger partial charge on any atom is 0.247 e. The summed E-state index contributed by atoms with van der Waals surface area (Å²) < 4.78 is 24.8. The number of carbonyl (C=O) groups is 1. The molecule has 0 bridgehead atoms. The Balaban J connectivity index is 1.83. The highest BCUT2D eigenvalue weighted by Gasteiger charge is 2.48. The molecule has 0 aliphatic carbocycles. The quantitative estimate of drug-likeness (QED) is 0.664. The van der Waals surface area contributed by atoms with Crippen LogP contribution in [0, 0.1) is 0 Å². The van der Waals surface area contributed by atoms with Crippen LogP contribution in [-0.4, -0.2) is 38.6 Å². The van der Waals surface area contributed by atoms with Crippen molar-refractivity contribution < 1.29 is 13.2 Å². The molecular formula is C21H25N3O3S. The second kappa shape index (κ2) is 8.16. The van der Waals surface area contributed by atoms with Gasteiger partial charge in [0.2, 0.25) is 15.9 Å². The van der Waals surface area contributed by atoms with Gasteiger partial charge in [0, 0.05) is 13.1 Å². The lowest BCUT2D eigenvalue weighted by molar-refractivity contribution is -0.130. The Hall–Kier alpha value is -2.64. The van der Waals surface area contributed by atoms with Crippen LogP contribution in [-0.2, 0) is 20.2 Å². The van der Waals surface area contributed by atoms with Gasteiger partial charge in [0.1, 0.15) is 11.2 Å². The summed E-state index contributed by atoms with van der Waals surface area (Å²) in [6.45, 7) is 0.779. The average Bonchev–Trinajstić information content (AvgIpc) is 2.93. The van der Waals surface area contributed by atoms with Gasteiger partial charge in [-0.2, -0.15) is 0 Å². The van der Waals surface area contributed by atoms with Gasteiger partial charge in [-0.15, -0.1) is 0 Å². The average molecular weight is 400 g/mol. The standard InChI is InChI=1S/C21H25N3O3S/c1-28(26,27)23-14-8-9-15-24-19(22)16-21(20(24)25,17-10-4-2-5-11-17)18-12-6-3-7-13-18/h2-7,10-13,16,23H,8-9,14-15,22H2,1H3. The van der Waals surface area contributed by atoms with E-state index in [-0.39, 0.29) is 5.91 Å². The molecule has 0 unspecified atom stereocenters. The highest BCUT2D eigenvalue weighted by Crippen LogP contribution is 2.41. The van der Waals surface area contributed by atoms with E-state index < -0.39 is 15.4 Å². The summed E-state index contributed by atoms with van der Waals surface area (Å²) in [6, 6.07) is 19.2. The fraction of sp³-hybridized carbons (Fsp3) is 0.286. The molecule has 0 aromatic heterocycles. The molecule has 0 spiro atoms. The number of nitrogens with one attached hydrogen (secondary N) is 1. The van der Waals surface area contributed by atoms with Crippen molar-refractivity contribution >= 4 is 15.9 Å². The maximum atomic E-state index is 13.5. The van der Waals surface area contributed by atoms with Crippen molar-refractivity contribution in [1.82, 2.24) is 9.62 Å². The number of amides is 1. The second-order valence-corrected chi connectivity index (χ2v) is 8.77. The van der Waals surface area contributed by atoms with Gasteiger partial charge in [-0.05, 0) is 30.0 Å². The topological polar surface area (TPSA) is 92.5 Å². The molecule has 28 heavy (non-hydrogen) atoms. The highest BCUT2D eigenvalue weighted by molar-refractivity contribution is 7.88. The first kappa shape index (κ1) is 20.1. The van der Waals surface area contributed by atoms with Crippen molar-refractivity contribution in [3.8, 4) is 0 Å². The second-order valence-electron chi connectivity index (χ2n) is 6.94. The van der Waals surface area contributed by atoms with E-state index in [1.54, 1.807) is 4.90 Å². The summed E-state index contributed by atoms with van der Waals surface area (Å²) in [5, 5.41) is 0. The summed E-state index contributed by atoms with van der Waals surface area (Å²) in [5.41, 5.74) is 7.05. The van der Waals surface area contributed by atoms with Crippen LogP contribution in [0.3, 0.4) is 0 Å². The summed E-state index contributed by atoms with van der Waals surface area (Å²) in [4.78, 5) is 15.1. The zero-order chi connectivity index (χ0) is 20.2. The van der Waals surface area contributed by atoms with E-state index in [2.05, 4.69) is 4.72 Å². The molecule has 7 heteroatoms. The van der Waals surface area contributed by atoms with Crippen molar-refractivity contribution in [2.45, 2.75) is 18.3 Å². The summed E-state index contributed by atoms with van der Waals surface area (Å²) >= 11 is 0. The van der Waals surface area contributed by atoms with Crippen LogP contribution in [0.4, 0.5) is 0 Å². The molecule has 0 fully saturated rings. The fourth-order valence-electron chi connectivity index (χ4n) is 3.56. The molecule has 2 aromatic carbocycles. The molecule has 0 radical (unpaired) electrons. The first-order chi connectivity index (χ1) is 13.3. The summed E-state index contributed by atoms with van der Waals surface area (Å²) in [6.07, 6.45) is 4.22. The summed E-state index contributed by atoms with van der Waals surface area (Å²) in [7, 11) is -3.20. The molecule has 0 saturated carbocycles. The minimum Gasteiger partial charge on any atom is -0.385 e. The minimum atomic E-state index is -3.20. The molecule has 0 atom stereocenters. The van der Waals surface area contributed by atoms with Crippen LogP contribution in [0.2, 0.25) is 0 Å². The van der Waals surface area contributed by atoms with Gasteiger partial charge in [-0.3, -0.25) is 9.69 Å². The zero-order valence-electron chi connectivity index (χ0n) is 15.8. The van der Waals surface area contributed by atoms with E-state index >= 15 is 0 Å². The molecule has 2 aromatic rings. The van der Waals surface area contributed by atoms with Gasteiger partial charge in [0.05, 0.1) is 6.26 Å². The Morgan fingerprint density at radius 2 is 1.50 bits per heavy atom. The number of benzene rings is 2. The van der Waals surface area contributed by atoms with Crippen molar-refractivity contribution in [1.29, 1.82) is 0 Å². The lowest BCUT2D eigenvalue weighted by atomic mass is 9.74. The lowest BCUT2D eigenvalue weighted by Gasteiger charge is -2.29. The molecule has 148 valence electrons. The van der Waals surface area contributed by atoms with Gasteiger partial charge in [0.25, 0.3) is 0 Å². The Morgan fingerprint density at radius 3 is 2.00 bits per heavy atom. The van der Waals surface area contributed by atoms with Gasteiger partial charge >= 0.3 is 0 Å². The number of sulfonamides is 1. The number of nitrogens with zero attached hydrogens (tertiary/aromatic N) is 1. The van der Waals surface area contributed by atoms with Crippen LogP contribution < -0.4 is 10.5 Å². The zero-order valence-corrected chi connectivity index (χ0v) is 16.7. The Kier molecular flexibility index (Phi) is 5.86. The predicted molar refractivity (Wildman–Crippen MR) is 110 cm³/mol. The third-order valence-electron chi connectivity index (χ3n) is 4.89. The maximum absolute atomic E-state index is 13.5. The Bertz CT molecular complexity index is 917. The molecule has 1 aliphatic rings. The van der Waals surface area contributed by atoms with E-state index in [1.165, 1.54) is 0 Å².